The number of ether oxygens (including phenoxy) is 1. The van der Waals surface area contributed by atoms with E-state index in [0.717, 1.165) is 11.9 Å². The second kappa shape index (κ2) is 6.74. The Kier molecular flexibility index (Phi) is 4.10. The van der Waals surface area contributed by atoms with Crippen LogP contribution in [0.4, 0.5) is 5.82 Å². The quantitative estimate of drug-likeness (QED) is 0.376. The van der Waals surface area contributed by atoms with Gasteiger partial charge in [0.25, 0.3) is 5.91 Å². The molecule has 0 atom stereocenters. The summed E-state index contributed by atoms with van der Waals surface area (Å²) >= 11 is 0. The van der Waals surface area contributed by atoms with E-state index in [-0.39, 0.29) is 11.4 Å². The fourth-order valence-corrected chi connectivity index (χ4v) is 2.83. The second-order valence-corrected chi connectivity index (χ2v) is 6.03. The summed E-state index contributed by atoms with van der Waals surface area (Å²) in [6, 6.07) is 7.17. The molecule has 0 bridgehead atoms. The number of primary amides is 1. The summed E-state index contributed by atoms with van der Waals surface area (Å²) in [4.78, 5) is 11.9. The van der Waals surface area contributed by atoms with Gasteiger partial charge in [0, 0.05) is 23.8 Å². The number of hydrogen-bond donors (Lipinski definition) is 1. The van der Waals surface area contributed by atoms with Crippen LogP contribution in [0.1, 0.15) is 10.4 Å². The summed E-state index contributed by atoms with van der Waals surface area (Å²) in [6.45, 7) is 0. The summed E-state index contributed by atoms with van der Waals surface area (Å²) in [5.74, 6) is -0.109. The highest BCUT2D eigenvalue weighted by molar-refractivity contribution is 6.08. The Morgan fingerprint density at radius 3 is 2.61 bits per heavy atom. The first-order chi connectivity index (χ1) is 13.6. The highest BCUT2D eigenvalue weighted by Gasteiger charge is 2.20. The van der Waals surface area contributed by atoms with Crippen molar-refractivity contribution in [2.24, 2.45) is 5.73 Å². The average molecular weight is 371 g/mol. The molecule has 138 valence electrons. The van der Waals surface area contributed by atoms with E-state index in [2.05, 4.69) is 9.84 Å². The van der Waals surface area contributed by atoms with Crippen LogP contribution in [0.5, 0.6) is 5.75 Å². The van der Waals surface area contributed by atoms with Crippen LogP contribution in [-0.2, 0) is 0 Å². The highest BCUT2D eigenvalue weighted by atomic mass is 16.5. The van der Waals surface area contributed by atoms with Crippen molar-refractivity contribution < 1.29 is 14.1 Å². The number of rotatable bonds is 5. The zero-order valence-electron chi connectivity index (χ0n) is 14.6. The van der Waals surface area contributed by atoms with Crippen LogP contribution in [0.25, 0.3) is 22.7 Å². The van der Waals surface area contributed by atoms with E-state index in [1.165, 1.54) is 21.7 Å². The minimum Gasteiger partial charge on any atom is -0.616 e. The highest BCUT2D eigenvalue weighted by Crippen LogP contribution is 2.33. The Hall–Kier alpha value is -4.38. The Bertz CT molecular complexity index is 1100. The van der Waals surface area contributed by atoms with E-state index in [1.807, 2.05) is 49.1 Å². The third kappa shape index (κ3) is 2.97. The van der Waals surface area contributed by atoms with Crippen molar-refractivity contribution >= 4 is 23.6 Å². The molecule has 2 heterocycles. The lowest BCUT2D eigenvalue weighted by Gasteiger charge is -2.24. The number of aromatic hydroxyl groups is 1. The first-order valence-corrected chi connectivity index (χ1v) is 8.33. The van der Waals surface area contributed by atoms with Crippen molar-refractivity contribution in [2.75, 3.05) is 0 Å². The van der Waals surface area contributed by atoms with Crippen LogP contribution in [0.2, 0.25) is 0 Å². The second-order valence-electron chi connectivity index (χ2n) is 6.03. The number of nitriles is 1. The lowest BCUT2D eigenvalue weighted by molar-refractivity contribution is -0.360. The van der Waals surface area contributed by atoms with Gasteiger partial charge in [0.05, 0.1) is 17.0 Å². The predicted molar refractivity (Wildman–Crippen MR) is 104 cm³/mol. The molecule has 0 saturated carbocycles. The van der Waals surface area contributed by atoms with Gasteiger partial charge in [-0.25, -0.2) is 0 Å². The fourth-order valence-electron chi connectivity index (χ4n) is 2.83. The maximum atomic E-state index is 11.9. The average Bonchev–Trinajstić information content (AvgIpc) is 3.00. The third-order valence-corrected chi connectivity index (χ3v) is 4.19. The van der Waals surface area contributed by atoms with Crippen LogP contribution >= 0.6 is 0 Å². The number of allylic oxidation sites excluding steroid dienone is 3. The first-order valence-electron chi connectivity index (χ1n) is 8.33. The van der Waals surface area contributed by atoms with E-state index in [1.54, 1.807) is 12.1 Å². The van der Waals surface area contributed by atoms with E-state index in [0.29, 0.717) is 17.0 Å². The molecule has 1 amide bonds. The van der Waals surface area contributed by atoms with Gasteiger partial charge < -0.3 is 20.9 Å². The number of nitrogens with one attached hydrogen (secondary N) is 1. The smallest absolute Gasteiger partial charge is 0.463 e. The summed E-state index contributed by atoms with van der Waals surface area (Å²) in [5.41, 5.74) is 15.2. The number of hydrogen-bond acceptors (Lipinski definition) is 3. The number of nitrogens with zero attached hydrogens (tertiary/aromatic N) is 4. The molecular formula is C20H15N6O2-. The van der Waals surface area contributed by atoms with Crippen LogP contribution in [-0.4, -0.2) is 31.2 Å². The molecule has 28 heavy (non-hydrogen) atoms. The largest absolute Gasteiger partial charge is 0.616 e. The molecule has 4 rings (SSSR count). The van der Waals surface area contributed by atoms with Crippen LogP contribution in [0, 0.1) is 24.0 Å². The molecule has 8 heteroatoms. The standard InChI is InChI=1S/C20H16N6O2/c21-12-25-10-14(11-25)26-19(22)17(20(23)27)18(24-26)13-6-8-16(9-7-13)28-15-4-2-1-3-5-15/h1-11,28H,(H4,22,23,24,27)/p-1. The van der Waals surface area contributed by atoms with Crippen LogP contribution in [0.15, 0.2) is 54.8 Å². The molecule has 0 fully saturated rings. The maximum Gasteiger partial charge on any atom is 0.463 e. The van der Waals surface area contributed by atoms with E-state index < -0.39 is 5.91 Å². The topological polar surface area (TPSA) is 124 Å². The van der Waals surface area contributed by atoms with Gasteiger partial charge >= 0.3 is 6.19 Å². The molecule has 0 unspecified atom stereocenters. The summed E-state index contributed by atoms with van der Waals surface area (Å²) in [7, 11) is 0. The van der Waals surface area contributed by atoms with Gasteiger partial charge in [-0.1, -0.05) is 0 Å². The van der Waals surface area contributed by atoms with Crippen LogP contribution < -0.4 is 5.73 Å². The molecule has 8 nitrogen and oxygen atoms in total. The lowest BCUT2D eigenvalue weighted by atomic mass is 10.1. The number of amides is 1. The van der Waals surface area contributed by atoms with Crippen LogP contribution in [0.3, 0.4) is 0 Å². The monoisotopic (exact) mass is 371 g/mol. The molecule has 1 aliphatic heterocycles. The Morgan fingerprint density at radius 2 is 2.00 bits per heavy atom. The van der Waals surface area contributed by atoms with Gasteiger partial charge in [-0.15, -0.1) is 4.58 Å². The lowest BCUT2D eigenvalue weighted by Crippen LogP contribution is -2.16. The van der Waals surface area contributed by atoms with E-state index >= 15 is 0 Å². The number of aromatic nitrogens is 2. The Balaban J connectivity index is 1.64. The van der Waals surface area contributed by atoms with Gasteiger partial charge in [-0.3, -0.25) is 28.5 Å². The molecule has 4 N–H and O–H groups in total. The van der Waals surface area contributed by atoms with Crippen molar-refractivity contribution in [1.82, 2.24) is 9.78 Å². The minimum absolute atomic E-state index is 0.0254. The van der Waals surface area contributed by atoms with Crippen molar-refractivity contribution in [3.63, 3.8) is 0 Å². The SMILES string of the molecule is N#C[N+]1=CC(n2nc(-c3ccc([OH+][C-]4C=C[CH-]C=C4)cc3)c(C(N)=O)c2[NH-])=C1. The predicted octanol–water partition coefficient (Wildman–Crippen LogP) is 2.81. The minimum atomic E-state index is -0.735. The van der Waals surface area contributed by atoms with E-state index in [9.17, 15) is 4.79 Å². The number of carbonyl (C=O) groups excluding carboxylic acids is 1. The van der Waals surface area contributed by atoms with Crippen molar-refractivity contribution in [3.8, 4) is 23.2 Å². The van der Waals surface area contributed by atoms with Gasteiger partial charge in [0.1, 0.15) is 12.4 Å². The van der Waals surface area contributed by atoms with Crippen molar-refractivity contribution in [3.05, 3.63) is 78.6 Å². The molecule has 0 radical (unpaired) electrons. The summed E-state index contributed by atoms with van der Waals surface area (Å²) in [5, 5.41) is 13.2. The molecule has 2 aliphatic rings. The third-order valence-electron chi connectivity index (χ3n) is 4.19. The van der Waals surface area contributed by atoms with Gasteiger partial charge in [-0.05, 0) is 18.0 Å². The summed E-state index contributed by atoms with van der Waals surface area (Å²) in [6.07, 6.45) is 15.3. The van der Waals surface area contributed by atoms with Gasteiger partial charge in [-0.2, -0.15) is 12.2 Å². The molecule has 1 aliphatic carbocycles. The normalized spacial score (nSPS) is 14.5. The number of carbonyl (C=O) groups is 1. The number of aliphatic hydroxyl groups is 1. The van der Waals surface area contributed by atoms with E-state index in [4.69, 9.17) is 16.7 Å². The van der Waals surface area contributed by atoms with Crippen molar-refractivity contribution in [1.29, 1.82) is 5.26 Å². The maximum absolute atomic E-state index is 11.9. The first kappa shape index (κ1) is 17.1. The molecule has 0 spiro atoms. The molecule has 0 saturated heterocycles. The zero-order chi connectivity index (χ0) is 19.7. The van der Waals surface area contributed by atoms with Gasteiger partial charge in [0.15, 0.2) is 5.26 Å². The Morgan fingerprint density at radius 1 is 1.32 bits per heavy atom. The molecular weight excluding hydrogens is 356 g/mol. The summed E-state index contributed by atoms with van der Waals surface area (Å²) < 4.78 is 7.08. The molecule has 2 aromatic rings. The number of benzene rings is 1. The number of nitrogens with two attached hydrogens (primary N) is 1. The van der Waals surface area contributed by atoms with Crippen molar-refractivity contribution in [2.45, 2.75) is 0 Å². The zero-order valence-corrected chi connectivity index (χ0v) is 14.6. The molecule has 1 aromatic heterocycles. The Labute approximate surface area is 160 Å². The van der Waals surface area contributed by atoms with Gasteiger partial charge in [0.2, 0.25) is 5.75 Å². The fraction of sp³-hybridized carbons (Fsp3) is 0. The molecule has 1 aromatic carbocycles.